The summed E-state index contributed by atoms with van der Waals surface area (Å²) in [5, 5.41) is 5.53. The van der Waals surface area contributed by atoms with Crippen molar-refractivity contribution in [3.63, 3.8) is 0 Å². The molecular weight excluding hydrogens is 399 g/mol. The molecule has 0 spiro atoms. The summed E-state index contributed by atoms with van der Waals surface area (Å²) in [6, 6.07) is 9.00. The lowest BCUT2D eigenvalue weighted by atomic mass is 10.2. The Morgan fingerprint density at radius 1 is 1.10 bits per heavy atom. The molecule has 0 aliphatic rings. The molecule has 0 aliphatic heterocycles. The fraction of sp³-hybridized carbons (Fsp3) is 0.150. The molecule has 29 heavy (non-hydrogen) atoms. The molecule has 1 aromatic carbocycles. The lowest BCUT2D eigenvalue weighted by molar-refractivity contribution is -0.119. The monoisotopic (exact) mass is 416 g/mol. The first-order valence-electron chi connectivity index (χ1n) is 8.52. The van der Waals surface area contributed by atoms with E-state index in [0.717, 1.165) is 11.3 Å². The van der Waals surface area contributed by atoms with Crippen molar-refractivity contribution in [1.29, 1.82) is 0 Å². The molecule has 0 fully saturated rings. The van der Waals surface area contributed by atoms with Gasteiger partial charge in [-0.15, -0.1) is 11.3 Å². The predicted octanol–water partition coefficient (Wildman–Crippen LogP) is 4.14. The summed E-state index contributed by atoms with van der Waals surface area (Å²) in [5.41, 5.74) is 1.32. The second-order valence-corrected chi connectivity index (χ2v) is 7.19. The average Bonchev–Trinajstić information content (AvgIpc) is 3.33. The number of ether oxygens (including phenoxy) is 1. The maximum Gasteiger partial charge on any atom is 0.349 e. The molecule has 0 saturated heterocycles. The van der Waals surface area contributed by atoms with Gasteiger partial charge in [0.25, 0.3) is 11.8 Å². The molecule has 2 N–H and O–H groups in total. The Morgan fingerprint density at radius 2 is 1.90 bits per heavy atom. The van der Waals surface area contributed by atoms with Crippen molar-refractivity contribution in [3.8, 4) is 0 Å². The van der Waals surface area contributed by atoms with E-state index in [1.165, 1.54) is 24.5 Å². The molecular formula is C20H17FN2O5S. The topological polar surface area (TPSA) is 97.6 Å². The number of carbonyl (C=O) groups is 3. The summed E-state index contributed by atoms with van der Waals surface area (Å²) in [7, 11) is 0. The van der Waals surface area contributed by atoms with Crippen molar-refractivity contribution < 1.29 is 27.9 Å². The minimum Gasteiger partial charge on any atom is -0.459 e. The molecule has 150 valence electrons. The Balaban J connectivity index is 1.56. The van der Waals surface area contributed by atoms with Gasteiger partial charge < -0.3 is 19.8 Å². The van der Waals surface area contributed by atoms with Gasteiger partial charge in [-0.25, -0.2) is 9.18 Å². The van der Waals surface area contributed by atoms with Crippen LogP contribution in [0.5, 0.6) is 0 Å². The highest BCUT2D eigenvalue weighted by atomic mass is 32.1. The molecule has 3 rings (SSSR count). The Kier molecular flexibility index (Phi) is 6.08. The van der Waals surface area contributed by atoms with Crippen LogP contribution < -0.4 is 10.6 Å². The minimum absolute atomic E-state index is 0.143. The van der Waals surface area contributed by atoms with Gasteiger partial charge in [0.05, 0.1) is 11.3 Å². The third-order valence-electron chi connectivity index (χ3n) is 3.87. The average molecular weight is 416 g/mol. The number of amides is 2. The lowest BCUT2D eigenvalue weighted by Crippen LogP contribution is -2.21. The number of nitrogens with one attached hydrogen (secondary N) is 2. The van der Waals surface area contributed by atoms with Gasteiger partial charge in [-0.05, 0) is 55.3 Å². The second-order valence-electron chi connectivity index (χ2n) is 6.14. The van der Waals surface area contributed by atoms with E-state index in [2.05, 4.69) is 10.6 Å². The number of carbonyl (C=O) groups excluding carboxylic acids is 3. The van der Waals surface area contributed by atoms with Crippen LogP contribution in [-0.4, -0.2) is 24.4 Å². The van der Waals surface area contributed by atoms with E-state index >= 15 is 0 Å². The molecule has 2 heterocycles. The summed E-state index contributed by atoms with van der Waals surface area (Å²) in [6.07, 6.45) is 1.38. The quantitative estimate of drug-likeness (QED) is 0.589. The van der Waals surface area contributed by atoms with Crippen LogP contribution in [0.15, 0.2) is 47.1 Å². The normalized spacial score (nSPS) is 10.4. The van der Waals surface area contributed by atoms with Crippen LogP contribution in [0.4, 0.5) is 15.1 Å². The van der Waals surface area contributed by atoms with E-state index in [0.29, 0.717) is 16.1 Å². The number of hydrogen-bond acceptors (Lipinski definition) is 6. The van der Waals surface area contributed by atoms with Crippen molar-refractivity contribution >= 4 is 39.8 Å². The van der Waals surface area contributed by atoms with Gasteiger partial charge in [0, 0.05) is 5.69 Å². The number of thiophene rings is 1. The van der Waals surface area contributed by atoms with Gasteiger partial charge in [-0.3, -0.25) is 9.59 Å². The van der Waals surface area contributed by atoms with Gasteiger partial charge in [-0.2, -0.15) is 0 Å². The van der Waals surface area contributed by atoms with Crippen molar-refractivity contribution in [1.82, 2.24) is 0 Å². The highest BCUT2D eigenvalue weighted by Gasteiger charge is 2.18. The summed E-state index contributed by atoms with van der Waals surface area (Å²) in [4.78, 5) is 36.5. The first-order chi connectivity index (χ1) is 13.8. The van der Waals surface area contributed by atoms with Gasteiger partial charge in [-0.1, -0.05) is 6.07 Å². The zero-order valence-corrected chi connectivity index (χ0v) is 16.4. The third kappa shape index (κ3) is 5.08. The predicted molar refractivity (Wildman–Crippen MR) is 106 cm³/mol. The van der Waals surface area contributed by atoms with E-state index in [9.17, 15) is 18.8 Å². The van der Waals surface area contributed by atoms with E-state index in [-0.39, 0.29) is 16.3 Å². The maximum absolute atomic E-state index is 13.5. The van der Waals surface area contributed by atoms with Crippen LogP contribution in [0.1, 0.15) is 31.4 Å². The molecule has 0 unspecified atom stereocenters. The number of benzene rings is 1. The van der Waals surface area contributed by atoms with Crippen molar-refractivity contribution in [2.45, 2.75) is 13.8 Å². The van der Waals surface area contributed by atoms with Crippen molar-refractivity contribution in [2.24, 2.45) is 0 Å². The van der Waals surface area contributed by atoms with Gasteiger partial charge in [0.15, 0.2) is 12.4 Å². The summed E-state index contributed by atoms with van der Waals surface area (Å²) in [6.45, 7) is 2.77. The summed E-state index contributed by atoms with van der Waals surface area (Å²) >= 11 is 1.02. The van der Waals surface area contributed by atoms with Crippen LogP contribution in [-0.2, 0) is 9.53 Å². The minimum atomic E-state index is -0.698. The fourth-order valence-electron chi connectivity index (χ4n) is 2.39. The first-order valence-corrected chi connectivity index (χ1v) is 9.33. The Labute approximate surface area is 169 Å². The molecule has 0 radical (unpaired) electrons. The molecule has 9 heteroatoms. The van der Waals surface area contributed by atoms with Crippen LogP contribution in [0, 0.1) is 19.7 Å². The molecule has 2 amide bonds. The largest absolute Gasteiger partial charge is 0.459 e. The fourth-order valence-corrected chi connectivity index (χ4v) is 3.35. The first kappa shape index (κ1) is 20.3. The number of aryl methyl sites for hydroxylation is 2. The highest BCUT2D eigenvalue weighted by molar-refractivity contribution is 7.18. The van der Waals surface area contributed by atoms with Crippen LogP contribution in [0.2, 0.25) is 0 Å². The highest BCUT2D eigenvalue weighted by Crippen LogP contribution is 2.28. The second kappa shape index (κ2) is 8.70. The SMILES string of the molecule is Cc1ccc(NC(=O)COC(=O)c2sc(NC(=O)c3ccco3)cc2C)cc1F. The van der Waals surface area contributed by atoms with Crippen LogP contribution in [0.3, 0.4) is 0 Å². The third-order valence-corrected chi connectivity index (χ3v) is 5.01. The molecule has 3 aromatic rings. The lowest BCUT2D eigenvalue weighted by Gasteiger charge is -2.07. The van der Waals surface area contributed by atoms with Gasteiger partial charge in [0.2, 0.25) is 0 Å². The van der Waals surface area contributed by atoms with Crippen molar-refractivity contribution in [2.75, 3.05) is 17.2 Å². The Bertz CT molecular complexity index is 1060. The maximum atomic E-state index is 13.5. The number of furan rings is 1. The van der Waals surface area contributed by atoms with E-state index in [1.807, 2.05) is 0 Å². The molecule has 7 nitrogen and oxygen atoms in total. The molecule has 0 saturated carbocycles. The van der Waals surface area contributed by atoms with E-state index in [1.54, 1.807) is 32.0 Å². The van der Waals surface area contributed by atoms with Crippen LogP contribution >= 0.6 is 11.3 Å². The van der Waals surface area contributed by atoms with Crippen molar-refractivity contribution in [3.05, 3.63) is 70.2 Å². The summed E-state index contributed by atoms with van der Waals surface area (Å²) in [5.74, 6) is -2.04. The zero-order chi connectivity index (χ0) is 21.0. The Hall–Kier alpha value is -3.46. The van der Waals surface area contributed by atoms with Gasteiger partial charge >= 0.3 is 5.97 Å². The van der Waals surface area contributed by atoms with E-state index in [4.69, 9.17) is 9.15 Å². The Morgan fingerprint density at radius 3 is 2.59 bits per heavy atom. The number of esters is 1. The molecule has 0 aliphatic carbocycles. The zero-order valence-electron chi connectivity index (χ0n) is 15.6. The molecule has 0 atom stereocenters. The summed E-state index contributed by atoms with van der Waals surface area (Å²) < 4.78 is 23.6. The van der Waals surface area contributed by atoms with Crippen LogP contribution in [0.25, 0.3) is 0 Å². The van der Waals surface area contributed by atoms with Gasteiger partial charge in [0.1, 0.15) is 10.7 Å². The van der Waals surface area contributed by atoms with E-state index < -0.39 is 30.2 Å². The number of hydrogen-bond donors (Lipinski definition) is 2. The molecule has 2 aromatic heterocycles. The number of rotatable bonds is 6. The number of halogens is 1. The standard InChI is InChI=1S/C20H17FN2O5S/c1-11-5-6-13(9-14(11)21)22-16(24)10-28-20(26)18-12(2)8-17(29-18)23-19(25)15-4-3-7-27-15/h3-9H,10H2,1-2H3,(H,22,24)(H,23,25). The molecule has 0 bridgehead atoms. The smallest absolute Gasteiger partial charge is 0.349 e. The number of anilines is 2.